The molecule has 0 aliphatic rings. The van der Waals surface area contributed by atoms with Crippen LogP contribution in [0, 0.1) is 3.57 Å². The Kier molecular flexibility index (Phi) is 5.72. The second-order valence-electron chi connectivity index (χ2n) is 3.13. The van der Waals surface area contributed by atoms with Gasteiger partial charge < -0.3 is 11.1 Å². The van der Waals surface area contributed by atoms with Gasteiger partial charge in [-0.1, -0.05) is 12.2 Å². The molecule has 0 fully saturated rings. The van der Waals surface area contributed by atoms with Gasteiger partial charge in [-0.2, -0.15) is 5.10 Å². The molecule has 0 saturated carbocycles. The molecular weight excluding hydrogens is 367 g/mol. The summed E-state index contributed by atoms with van der Waals surface area (Å²) in [6, 6.07) is 7.88. The standard InChI is InChI=1S/C10H11IN4S2/c1-6(14-15-10(12)17)9(16)13-8-4-2-7(11)3-5-8/h2-5H,1H3,(H,13,16)(H3,12,15,17)/b14-6+. The van der Waals surface area contributed by atoms with E-state index in [4.69, 9.17) is 18.0 Å². The van der Waals surface area contributed by atoms with Crippen molar-refractivity contribution >= 4 is 68.5 Å². The average molecular weight is 378 g/mol. The molecule has 0 aliphatic heterocycles. The molecule has 1 aromatic rings. The first-order chi connectivity index (χ1) is 7.99. The van der Waals surface area contributed by atoms with Gasteiger partial charge in [-0.25, -0.2) is 0 Å². The van der Waals surface area contributed by atoms with E-state index in [-0.39, 0.29) is 5.11 Å². The number of rotatable bonds is 3. The van der Waals surface area contributed by atoms with Crippen LogP contribution in [0.4, 0.5) is 5.69 Å². The third-order valence-electron chi connectivity index (χ3n) is 1.76. The molecule has 0 aromatic heterocycles. The number of nitrogens with one attached hydrogen (secondary N) is 2. The number of anilines is 1. The molecule has 0 unspecified atom stereocenters. The first kappa shape index (κ1) is 14.3. The van der Waals surface area contributed by atoms with E-state index in [9.17, 15) is 0 Å². The molecule has 7 heteroatoms. The summed E-state index contributed by atoms with van der Waals surface area (Å²) >= 11 is 12.1. The van der Waals surface area contributed by atoms with Gasteiger partial charge in [0, 0.05) is 9.26 Å². The molecule has 1 rings (SSSR count). The molecular formula is C10H11IN4S2. The molecule has 1 aromatic carbocycles. The Morgan fingerprint density at radius 2 is 1.88 bits per heavy atom. The largest absolute Gasteiger partial charge is 0.375 e. The number of nitrogens with two attached hydrogens (primary N) is 1. The Labute approximate surface area is 124 Å². The summed E-state index contributed by atoms with van der Waals surface area (Å²) in [6.45, 7) is 1.77. The van der Waals surface area contributed by atoms with Crippen LogP contribution < -0.4 is 16.5 Å². The second kappa shape index (κ2) is 6.82. The van der Waals surface area contributed by atoms with Crippen LogP contribution in [0.2, 0.25) is 0 Å². The number of thiocarbonyl (C=S) groups is 2. The number of hydrazone groups is 1. The van der Waals surface area contributed by atoms with Gasteiger partial charge in [0.25, 0.3) is 0 Å². The van der Waals surface area contributed by atoms with Crippen LogP contribution in [-0.4, -0.2) is 15.8 Å². The minimum absolute atomic E-state index is 0.112. The molecule has 4 N–H and O–H groups in total. The third-order valence-corrected chi connectivity index (χ3v) is 2.97. The van der Waals surface area contributed by atoms with Crippen molar-refractivity contribution in [2.45, 2.75) is 6.92 Å². The van der Waals surface area contributed by atoms with Crippen LogP contribution in [0.15, 0.2) is 29.4 Å². The highest BCUT2D eigenvalue weighted by atomic mass is 127. The van der Waals surface area contributed by atoms with Gasteiger partial charge in [-0.15, -0.1) is 0 Å². The number of benzene rings is 1. The molecule has 0 bridgehead atoms. The lowest BCUT2D eigenvalue weighted by Gasteiger charge is -2.07. The Bertz CT molecular complexity index is 456. The molecule has 17 heavy (non-hydrogen) atoms. The zero-order chi connectivity index (χ0) is 12.8. The topological polar surface area (TPSA) is 62.4 Å². The first-order valence-electron chi connectivity index (χ1n) is 4.65. The van der Waals surface area contributed by atoms with Gasteiger partial charge in [-0.05, 0) is 66.0 Å². The highest BCUT2D eigenvalue weighted by Crippen LogP contribution is 2.11. The van der Waals surface area contributed by atoms with Crippen molar-refractivity contribution in [1.82, 2.24) is 5.43 Å². The molecule has 0 atom stereocenters. The number of halogens is 1. The van der Waals surface area contributed by atoms with Crippen molar-refractivity contribution < 1.29 is 0 Å². The van der Waals surface area contributed by atoms with Gasteiger partial charge in [0.2, 0.25) is 0 Å². The summed E-state index contributed by atoms with van der Waals surface area (Å²) in [5.74, 6) is 0. The second-order valence-corrected chi connectivity index (χ2v) is 5.23. The molecule has 0 heterocycles. The van der Waals surface area contributed by atoms with Crippen molar-refractivity contribution in [3.05, 3.63) is 27.8 Å². The summed E-state index contributed by atoms with van der Waals surface area (Å²) in [6.07, 6.45) is 0. The third kappa shape index (κ3) is 5.37. The summed E-state index contributed by atoms with van der Waals surface area (Å²) in [5.41, 5.74) is 9.28. The molecule has 0 spiro atoms. The van der Waals surface area contributed by atoms with Crippen LogP contribution in [0.1, 0.15) is 6.92 Å². The van der Waals surface area contributed by atoms with Crippen LogP contribution in [-0.2, 0) is 0 Å². The molecule has 0 amide bonds. The van der Waals surface area contributed by atoms with Crippen LogP contribution >= 0.6 is 47.0 Å². The molecule has 0 radical (unpaired) electrons. The van der Waals surface area contributed by atoms with Crippen LogP contribution in [0.3, 0.4) is 0 Å². The highest BCUT2D eigenvalue weighted by molar-refractivity contribution is 14.1. The average Bonchev–Trinajstić information content (AvgIpc) is 2.28. The normalized spacial score (nSPS) is 10.8. The summed E-state index contributed by atoms with van der Waals surface area (Å²) in [4.78, 5) is 0.523. The predicted molar refractivity (Wildman–Crippen MR) is 88.4 cm³/mol. The number of hydrogen-bond acceptors (Lipinski definition) is 3. The summed E-state index contributed by atoms with van der Waals surface area (Å²) < 4.78 is 1.17. The Morgan fingerprint density at radius 3 is 2.41 bits per heavy atom. The van der Waals surface area contributed by atoms with E-state index in [0.717, 1.165) is 5.69 Å². The van der Waals surface area contributed by atoms with Crippen LogP contribution in [0.25, 0.3) is 0 Å². The monoisotopic (exact) mass is 378 g/mol. The SMILES string of the molecule is C/C(=N\NC(N)=S)C(=S)Nc1ccc(I)cc1. The van der Waals surface area contributed by atoms with E-state index in [1.54, 1.807) is 6.92 Å². The predicted octanol–water partition coefficient (Wildman–Crippen LogP) is 2.24. The fourth-order valence-electron chi connectivity index (χ4n) is 0.944. The Balaban J connectivity index is 2.63. The fourth-order valence-corrected chi connectivity index (χ4v) is 1.51. The van der Waals surface area contributed by atoms with Crippen molar-refractivity contribution in [3.8, 4) is 0 Å². The van der Waals surface area contributed by atoms with Crippen molar-refractivity contribution in [1.29, 1.82) is 0 Å². The number of hydrogen-bond donors (Lipinski definition) is 3. The van der Waals surface area contributed by atoms with E-state index in [1.165, 1.54) is 3.57 Å². The van der Waals surface area contributed by atoms with Crippen molar-refractivity contribution in [2.24, 2.45) is 10.8 Å². The lowest BCUT2D eigenvalue weighted by atomic mass is 10.3. The smallest absolute Gasteiger partial charge is 0.184 e. The first-order valence-corrected chi connectivity index (χ1v) is 6.55. The lowest BCUT2D eigenvalue weighted by molar-refractivity contribution is 1.03. The summed E-state index contributed by atoms with van der Waals surface area (Å²) in [5, 5.41) is 7.11. The van der Waals surface area contributed by atoms with Gasteiger partial charge in [0.05, 0.1) is 5.71 Å². The maximum Gasteiger partial charge on any atom is 0.184 e. The molecule has 4 nitrogen and oxygen atoms in total. The lowest BCUT2D eigenvalue weighted by Crippen LogP contribution is -2.28. The zero-order valence-corrected chi connectivity index (χ0v) is 12.8. The molecule has 90 valence electrons. The van der Waals surface area contributed by atoms with E-state index < -0.39 is 0 Å². The minimum Gasteiger partial charge on any atom is -0.375 e. The summed E-state index contributed by atoms with van der Waals surface area (Å²) in [7, 11) is 0. The van der Waals surface area contributed by atoms with Crippen molar-refractivity contribution in [3.63, 3.8) is 0 Å². The maximum atomic E-state index is 5.26. The van der Waals surface area contributed by atoms with Crippen molar-refractivity contribution in [2.75, 3.05) is 5.32 Å². The van der Waals surface area contributed by atoms with Gasteiger partial charge in [-0.3, -0.25) is 5.43 Å². The molecule has 0 aliphatic carbocycles. The minimum atomic E-state index is 0.112. The quantitative estimate of drug-likeness (QED) is 0.326. The Morgan fingerprint density at radius 1 is 1.29 bits per heavy atom. The maximum absolute atomic E-state index is 5.26. The Hall–Kier alpha value is -0.800. The van der Waals surface area contributed by atoms with E-state index in [1.807, 2.05) is 24.3 Å². The molecule has 0 saturated heterocycles. The van der Waals surface area contributed by atoms with Gasteiger partial charge in [0.1, 0.15) is 4.99 Å². The fraction of sp³-hybridized carbons (Fsp3) is 0.100. The highest BCUT2D eigenvalue weighted by Gasteiger charge is 2.02. The van der Waals surface area contributed by atoms with Gasteiger partial charge in [0.15, 0.2) is 5.11 Å². The zero-order valence-electron chi connectivity index (χ0n) is 9.03. The van der Waals surface area contributed by atoms with E-state index >= 15 is 0 Å². The van der Waals surface area contributed by atoms with Gasteiger partial charge >= 0.3 is 0 Å². The number of nitrogens with zero attached hydrogens (tertiary/aromatic N) is 1. The van der Waals surface area contributed by atoms with Crippen LogP contribution in [0.5, 0.6) is 0 Å². The van der Waals surface area contributed by atoms with E-state index in [2.05, 4.69) is 50.7 Å². The van der Waals surface area contributed by atoms with E-state index in [0.29, 0.717) is 10.7 Å².